The fourth-order valence-electron chi connectivity index (χ4n) is 1.18. The van der Waals surface area contributed by atoms with E-state index in [-0.39, 0.29) is 17.9 Å². The summed E-state index contributed by atoms with van der Waals surface area (Å²) in [6.07, 6.45) is 2.91. The van der Waals surface area contributed by atoms with Crippen LogP contribution in [-0.2, 0) is 6.42 Å². The molecule has 0 radical (unpaired) electrons. The van der Waals surface area contributed by atoms with Crippen LogP contribution in [0.15, 0.2) is 6.20 Å². The van der Waals surface area contributed by atoms with Crippen LogP contribution in [0, 0.1) is 5.41 Å². The minimum Gasteiger partial charge on any atom is -0.396 e. The second-order valence-electron chi connectivity index (χ2n) is 4.98. The molecule has 0 amide bonds. The van der Waals surface area contributed by atoms with Gasteiger partial charge < -0.3 is 5.11 Å². The van der Waals surface area contributed by atoms with Crippen molar-refractivity contribution in [1.82, 2.24) is 4.98 Å². The second-order valence-corrected chi connectivity index (χ2v) is 6.12. The molecule has 0 spiro atoms. The monoisotopic (exact) mass is 213 g/mol. The number of nitrogens with zero attached hydrogens (tertiary/aromatic N) is 1. The quantitative estimate of drug-likeness (QED) is 0.837. The molecule has 0 bridgehead atoms. The lowest BCUT2D eigenvalue weighted by molar-refractivity contribution is 0.274. The Kier molecular flexibility index (Phi) is 3.67. The fraction of sp³-hybridized carbons (Fsp3) is 0.727. The van der Waals surface area contributed by atoms with Gasteiger partial charge in [-0.15, -0.1) is 11.3 Å². The molecule has 0 saturated heterocycles. The summed E-state index contributed by atoms with van der Waals surface area (Å²) in [5, 5.41) is 10.2. The maximum Gasteiger partial charge on any atom is 0.0933 e. The molecule has 3 heteroatoms. The lowest BCUT2D eigenvalue weighted by Crippen LogP contribution is -2.08. The maximum absolute atomic E-state index is 9.01. The molecule has 0 aliphatic carbocycles. The number of aromatic nitrogens is 1. The van der Waals surface area contributed by atoms with Crippen LogP contribution >= 0.6 is 11.3 Å². The van der Waals surface area contributed by atoms with Gasteiger partial charge in [0.05, 0.1) is 11.6 Å². The molecule has 0 aliphatic heterocycles. The Balaban J connectivity index is 2.69. The molecule has 80 valence electrons. The Hall–Kier alpha value is -0.410. The van der Waals surface area contributed by atoms with Crippen LogP contribution in [0.2, 0.25) is 0 Å². The highest BCUT2D eigenvalue weighted by Crippen LogP contribution is 2.27. The Morgan fingerprint density at radius 2 is 2.14 bits per heavy atom. The summed E-state index contributed by atoms with van der Waals surface area (Å²) in [4.78, 5) is 5.56. The van der Waals surface area contributed by atoms with Gasteiger partial charge in [0.25, 0.3) is 0 Å². The summed E-state index contributed by atoms with van der Waals surface area (Å²) in [7, 11) is 0. The van der Waals surface area contributed by atoms with Crippen molar-refractivity contribution in [2.75, 3.05) is 6.61 Å². The lowest BCUT2D eigenvalue weighted by Gasteiger charge is -2.15. The van der Waals surface area contributed by atoms with Gasteiger partial charge in [-0.2, -0.15) is 0 Å². The van der Waals surface area contributed by atoms with E-state index in [1.165, 1.54) is 9.88 Å². The van der Waals surface area contributed by atoms with Crippen LogP contribution in [-0.4, -0.2) is 16.7 Å². The van der Waals surface area contributed by atoms with Crippen LogP contribution in [0.5, 0.6) is 0 Å². The maximum atomic E-state index is 9.01. The molecule has 1 aromatic heterocycles. The molecule has 0 aromatic carbocycles. The number of aliphatic hydroxyl groups is 1. The molecular formula is C11H19NOS. The minimum absolute atomic E-state index is 0.206. The highest BCUT2D eigenvalue weighted by molar-refractivity contribution is 7.11. The van der Waals surface area contributed by atoms with Crippen molar-refractivity contribution >= 4 is 11.3 Å². The van der Waals surface area contributed by atoms with Gasteiger partial charge in [-0.05, 0) is 5.41 Å². The van der Waals surface area contributed by atoms with Crippen LogP contribution in [0.25, 0.3) is 0 Å². The predicted molar refractivity (Wildman–Crippen MR) is 60.8 cm³/mol. The van der Waals surface area contributed by atoms with Gasteiger partial charge in [0.2, 0.25) is 0 Å². The van der Waals surface area contributed by atoms with Crippen LogP contribution < -0.4 is 0 Å². The molecule has 1 aromatic rings. The number of thiazole rings is 1. The molecule has 0 aliphatic rings. The van der Waals surface area contributed by atoms with Gasteiger partial charge in [-0.1, -0.05) is 27.7 Å². The van der Waals surface area contributed by atoms with Crippen molar-refractivity contribution in [2.45, 2.75) is 40.0 Å². The molecular weight excluding hydrogens is 194 g/mol. The molecule has 0 fully saturated rings. The van der Waals surface area contributed by atoms with Crippen molar-refractivity contribution < 1.29 is 5.11 Å². The van der Waals surface area contributed by atoms with Gasteiger partial charge in [0, 0.05) is 23.4 Å². The summed E-state index contributed by atoms with van der Waals surface area (Å²) >= 11 is 1.72. The van der Waals surface area contributed by atoms with E-state index >= 15 is 0 Å². The third-order valence-corrected chi connectivity index (χ3v) is 3.24. The molecule has 1 N–H and O–H groups in total. The van der Waals surface area contributed by atoms with E-state index in [2.05, 4.69) is 25.8 Å². The number of hydrogen-bond acceptors (Lipinski definition) is 3. The van der Waals surface area contributed by atoms with E-state index < -0.39 is 0 Å². The summed E-state index contributed by atoms with van der Waals surface area (Å²) in [6.45, 7) is 8.86. The summed E-state index contributed by atoms with van der Waals surface area (Å²) < 4.78 is 0. The zero-order valence-electron chi connectivity index (χ0n) is 9.37. The van der Waals surface area contributed by atoms with E-state index in [1.807, 2.05) is 13.1 Å². The molecule has 1 atom stereocenters. The fourth-order valence-corrected chi connectivity index (χ4v) is 2.44. The van der Waals surface area contributed by atoms with Crippen molar-refractivity contribution in [3.05, 3.63) is 16.1 Å². The van der Waals surface area contributed by atoms with Crippen LogP contribution in [0.3, 0.4) is 0 Å². The number of rotatable bonds is 3. The first-order chi connectivity index (χ1) is 6.42. The van der Waals surface area contributed by atoms with Gasteiger partial charge in [-0.25, -0.2) is 4.98 Å². The molecule has 2 nitrogen and oxygen atoms in total. The first-order valence-electron chi connectivity index (χ1n) is 4.98. The molecule has 1 rings (SSSR count). The average Bonchev–Trinajstić information content (AvgIpc) is 2.48. The number of hydrogen-bond donors (Lipinski definition) is 1. The molecule has 14 heavy (non-hydrogen) atoms. The van der Waals surface area contributed by atoms with Crippen molar-refractivity contribution in [3.8, 4) is 0 Å². The van der Waals surface area contributed by atoms with Gasteiger partial charge >= 0.3 is 0 Å². The standard InChI is InChI=1S/C11H19NOS/c1-8(7-13)9-6-12-10(14-9)5-11(2,3)4/h6,8,13H,5,7H2,1-4H3. The van der Waals surface area contributed by atoms with Gasteiger partial charge in [-0.3, -0.25) is 0 Å². The van der Waals surface area contributed by atoms with E-state index in [4.69, 9.17) is 5.11 Å². The normalized spacial score (nSPS) is 14.4. The average molecular weight is 213 g/mol. The SMILES string of the molecule is CC(CO)c1cnc(CC(C)(C)C)s1. The van der Waals surface area contributed by atoms with Gasteiger partial charge in [0.15, 0.2) is 0 Å². The van der Waals surface area contributed by atoms with Crippen LogP contribution in [0.4, 0.5) is 0 Å². The first-order valence-corrected chi connectivity index (χ1v) is 5.79. The zero-order chi connectivity index (χ0) is 10.8. The van der Waals surface area contributed by atoms with E-state index in [0.717, 1.165) is 6.42 Å². The van der Waals surface area contributed by atoms with Crippen molar-refractivity contribution in [3.63, 3.8) is 0 Å². The smallest absolute Gasteiger partial charge is 0.0933 e. The second kappa shape index (κ2) is 4.41. The zero-order valence-corrected chi connectivity index (χ0v) is 10.2. The topological polar surface area (TPSA) is 33.1 Å². The summed E-state index contributed by atoms with van der Waals surface area (Å²) in [5.74, 6) is 0.223. The first kappa shape index (κ1) is 11.7. The lowest BCUT2D eigenvalue weighted by atomic mass is 9.93. The summed E-state index contributed by atoms with van der Waals surface area (Å²) in [6, 6.07) is 0. The highest BCUT2D eigenvalue weighted by Gasteiger charge is 2.15. The van der Waals surface area contributed by atoms with Crippen molar-refractivity contribution in [1.29, 1.82) is 0 Å². The Morgan fingerprint density at radius 3 is 2.64 bits per heavy atom. The molecule has 0 saturated carbocycles. The summed E-state index contributed by atoms with van der Waals surface area (Å²) in [5.41, 5.74) is 0.289. The Bertz CT molecular complexity index is 288. The molecule has 1 unspecified atom stereocenters. The van der Waals surface area contributed by atoms with E-state index in [0.29, 0.717) is 0 Å². The Labute approximate surface area is 90.0 Å². The third kappa shape index (κ3) is 3.39. The van der Waals surface area contributed by atoms with E-state index in [1.54, 1.807) is 11.3 Å². The van der Waals surface area contributed by atoms with E-state index in [9.17, 15) is 0 Å². The third-order valence-electron chi connectivity index (χ3n) is 2.01. The highest BCUT2D eigenvalue weighted by atomic mass is 32.1. The minimum atomic E-state index is 0.206. The largest absolute Gasteiger partial charge is 0.396 e. The van der Waals surface area contributed by atoms with Crippen molar-refractivity contribution in [2.24, 2.45) is 5.41 Å². The van der Waals surface area contributed by atoms with Crippen LogP contribution in [0.1, 0.15) is 43.5 Å². The van der Waals surface area contributed by atoms with Gasteiger partial charge in [0.1, 0.15) is 0 Å². The number of aliphatic hydroxyl groups excluding tert-OH is 1. The molecule has 1 heterocycles. The predicted octanol–water partition coefficient (Wildman–Crippen LogP) is 2.83. The Morgan fingerprint density at radius 1 is 1.50 bits per heavy atom.